The summed E-state index contributed by atoms with van der Waals surface area (Å²) in [7, 11) is -4.22. The van der Waals surface area contributed by atoms with Gasteiger partial charge >= 0.3 is 0 Å². The summed E-state index contributed by atoms with van der Waals surface area (Å²) in [4.78, 5) is 35.4. The lowest BCUT2D eigenvalue weighted by Gasteiger charge is -2.36. The number of halogens is 1. The highest BCUT2D eigenvalue weighted by Crippen LogP contribution is 2.47. The highest BCUT2D eigenvalue weighted by Gasteiger charge is 2.47. The minimum absolute atomic E-state index is 0.214. The number of sulfonamides is 1. The zero-order valence-electron chi connectivity index (χ0n) is 25.0. The van der Waals surface area contributed by atoms with E-state index in [1.165, 1.54) is 0 Å². The first-order valence-electron chi connectivity index (χ1n) is 14.8. The summed E-state index contributed by atoms with van der Waals surface area (Å²) in [6, 6.07) is 25.9. The number of H-pyrrole nitrogens is 1. The highest BCUT2D eigenvalue weighted by atomic mass is 32.2. The van der Waals surface area contributed by atoms with Crippen molar-refractivity contribution in [2.75, 3.05) is 0 Å². The summed E-state index contributed by atoms with van der Waals surface area (Å²) in [6.07, 6.45) is 0.536. The first-order chi connectivity index (χ1) is 21.6. The Morgan fingerprint density at radius 3 is 2.33 bits per heavy atom. The molecular formula is C35H33FN4O4S. The molecule has 3 atom stereocenters. The number of nitrogens with one attached hydrogen (secondary N) is 3. The second-order valence-electron chi connectivity index (χ2n) is 11.4. The van der Waals surface area contributed by atoms with Gasteiger partial charge in [0.25, 0.3) is 21.8 Å². The molecule has 230 valence electrons. The number of benzene rings is 4. The van der Waals surface area contributed by atoms with Gasteiger partial charge in [0.15, 0.2) is 0 Å². The number of para-hydroxylation sites is 1. The number of carbonyl (C=O) groups excluding carboxylic acids is 2. The average molecular weight is 625 g/mol. The first-order valence-corrected chi connectivity index (χ1v) is 16.3. The Balaban J connectivity index is 1.47. The maximum Gasteiger partial charge on any atom is 0.258 e. The zero-order chi connectivity index (χ0) is 31.9. The molecule has 0 aliphatic carbocycles. The van der Waals surface area contributed by atoms with E-state index < -0.39 is 33.8 Å². The molecule has 0 fully saturated rings. The number of hydrazine groups is 1. The van der Waals surface area contributed by atoms with Crippen LogP contribution in [0.25, 0.3) is 22.2 Å². The van der Waals surface area contributed by atoms with Crippen LogP contribution in [0.3, 0.4) is 0 Å². The third kappa shape index (κ3) is 5.51. The molecule has 0 saturated carbocycles. The van der Waals surface area contributed by atoms with E-state index in [2.05, 4.69) is 15.2 Å². The molecule has 0 radical (unpaired) electrons. The average Bonchev–Trinajstić information content (AvgIpc) is 3.55. The molecule has 1 aromatic heterocycles. The van der Waals surface area contributed by atoms with Crippen molar-refractivity contribution < 1.29 is 22.4 Å². The van der Waals surface area contributed by atoms with Crippen molar-refractivity contribution in [3.63, 3.8) is 0 Å². The Hall–Kier alpha value is -4.80. The predicted molar refractivity (Wildman–Crippen MR) is 171 cm³/mol. The number of carbonyl (C=O) groups is 2. The maximum atomic E-state index is 14.3. The van der Waals surface area contributed by atoms with Gasteiger partial charge in [0.2, 0.25) is 0 Å². The molecule has 5 aromatic rings. The van der Waals surface area contributed by atoms with Crippen LogP contribution in [-0.4, -0.2) is 36.2 Å². The third-order valence-corrected chi connectivity index (χ3v) is 9.81. The normalized spacial score (nSPS) is 16.0. The van der Waals surface area contributed by atoms with Crippen molar-refractivity contribution in [3.05, 3.63) is 125 Å². The van der Waals surface area contributed by atoms with E-state index in [9.17, 15) is 22.4 Å². The molecule has 2 amide bonds. The van der Waals surface area contributed by atoms with Crippen molar-refractivity contribution in [2.24, 2.45) is 5.92 Å². The molecule has 0 saturated heterocycles. The van der Waals surface area contributed by atoms with E-state index in [1.54, 1.807) is 17.0 Å². The molecule has 1 aliphatic heterocycles. The number of aromatic nitrogens is 1. The van der Waals surface area contributed by atoms with Gasteiger partial charge in [0, 0.05) is 22.0 Å². The number of hydrogen-bond donors (Lipinski definition) is 3. The van der Waals surface area contributed by atoms with Gasteiger partial charge in [-0.1, -0.05) is 86.5 Å². The molecule has 3 N–H and O–H groups in total. The van der Waals surface area contributed by atoms with Crippen LogP contribution in [0.15, 0.2) is 102 Å². The molecule has 6 rings (SSSR count). The lowest BCUT2D eigenvalue weighted by atomic mass is 9.90. The summed E-state index contributed by atoms with van der Waals surface area (Å²) in [5.41, 5.74) is 8.20. The Labute approximate surface area is 261 Å². The SMILES string of the molecule is CCC(C)C(C(=O)NNS(=O)(=O)c1ccc(F)cc1)N1C(=O)c2ccccc2C1c1c(-c2ccc(C)cc2)[nH]c2ccccc12. The van der Waals surface area contributed by atoms with Crippen molar-refractivity contribution >= 4 is 32.7 Å². The minimum atomic E-state index is -4.22. The molecule has 0 spiro atoms. The molecule has 8 nitrogen and oxygen atoms in total. The Morgan fingerprint density at radius 2 is 1.62 bits per heavy atom. The van der Waals surface area contributed by atoms with Gasteiger partial charge in [0.05, 0.1) is 16.6 Å². The van der Waals surface area contributed by atoms with Gasteiger partial charge in [-0.3, -0.25) is 15.0 Å². The summed E-state index contributed by atoms with van der Waals surface area (Å²) in [5.74, 6) is -1.94. The largest absolute Gasteiger partial charge is 0.354 e. The fraction of sp³-hybridized carbons (Fsp3) is 0.200. The van der Waals surface area contributed by atoms with Crippen LogP contribution < -0.4 is 10.3 Å². The number of fused-ring (bicyclic) bond motifs is 2. The van der Waals surface area contributed by atoms with E-state index in [1.807, 2.05) is 81.4 Å². The fourth-order valence-electron chi connectivity index (χ4n) is 6.06. The number of rotatable bonds is 9. The van der Waals surface area contributed by atoms with Crippen molar-refractivity contribution in [2.45, 2.75) is 44.2 Å². The van der Waals surface area contributed by atoms with Crippen molar-refractivity contribution in [1.82, 2.24) is 20.1 Å². The van der Waals surface area contributed by atoms with E-state index in [-0.39, 0.29) is 16.7 Å². The predicted octanol–water partition coefficient (Wildman–Crippen LogP) is 6.25. The van der Waals surface area contributed by atoms with E-state index in [0.717, 1.165) is 63.1 Å². The third-order valence-electron chi connectivity index (χ3n) is 8.54. The smallest absolute Gasteiger partial charge is 0.258 e. The molecule has 2 heterocycles. The molecule has 45 heavy (non-hydrogen) atoms. The van der Waals surface area contributed by atoms with Crippen LogP contribution in [0.1, 0.15) is 53.4 Å². The lowest BCUT2D eigenvalue weighted by molar-refractivity contribution is -0.128. The van der Waals surface area contributed by atoms with Gasteiger partial charge in [-0.25, -0.2) is 12.8 Å². The standard InChI is InChI=1S/C35H33FN4O4S/c1-4-22(3)32(34(41)38-39-45(43,44)25-19-17-24(36)18-20-25)40-33(26-9-5-6-10-27(26)35(40)42)30-28-11-7-8-12-29(28)37-31(30)23-15-13-21(2)14-16-23/h5-20,22,32-33,37,39H,4H2,1-3H3,(H,38,41). The molecule has 3 unspecified atom stereocenters. The Kier molecular flexibility index (Phi) is 8.03. The number of amides is 2. The van der Waals surface area contributed by atoms with E-state index in [4.69, 9.17) is 0 Å². The number of hydrogen-bond acceptors (Lipinski definition) is 4. The van der Waals surface area contributed by atoms with Crippen LogP contribution in [0.5, 0.6) is 0 Å². The summed E-state index contributed by atoms with van der Waals surface area (Å²) < 4.78 is 39.4. The molecule has 0 bridgehead atoms. The molecule has 4 aromatic carbocycles. The topological polar surface area (TPSA) is 111 Å². The summed E-state index contributed by atoms with van der Waals surface area (Å²) in [5, 5.41) is 0.910. The van der Waals surface area contributed by atoms with Gasteiger partial charge in [-0.15, -0.1) is 4.83 Å². The Morgan fingerprint density at radius 1 is 0.956 bits per heavy atom. The fourth-order valence-corrected chi connectivity index (χ4v) is 6.91. The number of aromatic amines is 1. The van der Waals surface area contributed by atoms with Gasteiger partial charge in [-0.2, -0.15) is 0 Å². The highest BCUT2D eigenvalue weighted by molar-refractivity contribution is 7.89. The van der Waals surface area contributed by atoms with Crippen LogP contribution in [-0.2, 0) is 14.8 Å². The quantitative estimate of drug-likeness (QED) is 0.168. The number of aryl methyl sites for hydroxylation is 1. The Bertz CT molecular complexity index is 2010. The number of nitrogens with zero attached hydrogens (tertiary/aromatic N) is 1. The second-order valence-corrected chi connectivity index (χ2v) is 13.1. The lowest BCUT2D eigenvalue weighted by Crippen LogP contribution is -2.55. The second kappa shape index (κ2) is 11.9. The molecular weight excluding hydrogens is 591 g/mol. The zero-order valence-corrected chi connectivity index (χ0v) is 25.9. The molecule has 10 heteroatoms. The summed E-state index contributed by atoms with van der Waals surface area (Å²) >= 11 is 0. The van der Waals surface area contributed by atoms with Gasteiger partial charge in [0.1, 0.15) is 11.9 Å². The van der Waals surface area contributed by atoms with Crippen LogP contribution in [0, 0.1) is 18.7 Å². The van der Waals surface area contributed by atoms with Crippen molar-refractivity contribution in [1.29, 1.82) is 0 Å². The maximum absolute atomic E-state index is 14.3. The summed E-state index contributed by atoms with van der Waals surface area (Å²) in [6.45, 7) is 5.80. The van der Waals surface area contributed by atoms with Crippen LogP contribution >= 0.6 is 0 Å². The van der Waals surface area contributed by atoms with Gasteiger partial charge < -0.3 is 9.88 Å². The molecule has 1 aliphatic rings. The van der Waals surface area contributed by atoms with Crippen LogP contribution in [0.2, 0.25) is 0 Å². The van der Waals surface area contributed by atoms with Crippen LogP contribution in [0.4, 0.5) is 4.39 Å². The van der Waals surface area contributed by atoms with Gasteiger partial charge in [-0.05, 0) is 60.4 Å². The monoisotopic (exact) mass is 624 g/mol. The van der Waals surface area contributed by atoms with E-state index >= 15 is 0 Å². The van der Waals surface area contributed by atoms with E-state index in [0.29, 0.717) is 12.0 Å². The minimum Gasteiger partial charge on any atom is -0.354 e. The first kappa shape index (κ1) is 30.2. The van der Waals surface area contributed by atoms with Crippen molar-refractivity contribution in [3.8, 4) is 11.3 Å².